The van der Waals surface area contributed by atoms with Crippen molar-refractivity contribution in [2.45, 2.75) is 32.6 Å². The lowest BCUT2D eigenvalue weighted by Gasteiger charge is -2.12. The van der Waals surface area contributed by atoms with Gasteiger partial charge in [-0.2, -0.15) is 11.8 Å². The molecule has 100 valence electrons. The summed E-state index contributed by atoms with van der Waals surface area (Å²) in [5.74, 6) is 0.284. The second kappa shape index (κ2) is 6.44. The van der Waals surface area contributed by atoms with Crippen LogP contribution in [0.1, 0.15) is 23.9 Å². The van der Waals surface area contributed by atoms with E-state index < -0.39 is 12.0 Å². The Kier molecular flexibility index (Phi) is 5.21. The summed E-state index contributed by atoms with van der Waals surface area (Å²) in [5, 5.41) is 15.1. The standard InChI is InChI=1S/C11H16N2O4S/c1-6-9(7(2)17-13-6)4-18-5-10(11(15)16)12-8(3)14/h10H,4-5H2,1-3H3,(H,12,14)(H,15,16). The van der Waals surface area contributed by atoms with E-state index in [-0.39, 0.29) is 5.91 Å². The molecule has 1 amide bonds. The first-order valence-electron chi connectivity index (χ1n) is 5.41. The van der Waals surface area contributed by atoms with Gasteiger partial charge in [0.2, 0.25) is 5.91 Å². The number of nitrogens with zero attached hydrogens (tertiary/aromatic N) is 1. The van der Waals surface area contributed by atoms with Gasteiger partial charge in [0.25, 0.3) is 0 Å². The molecule has 2 N–H and O–H groups in total. The van der Waals surface area contributed by atoms with Crippen LogP contribution in [-0.4, -0.2) is 33.9 Å². The molecule has 0 fully saturated rings. The molecule has 0 saturated carbocycles. The number of carbonyl (C=O) groups excluding carboxylic acids is 1. The predicted octanol–water partition coefficient (Wildman–Crippen LogP) is 1.11. The van der Waals surface area contributed by atoms with Crippen LogP contribution in [0, 0.1) is 13.8 Å². The number of rotatable bonds is 6. The van der Waals surface area contributed by atoms with E-state index >= 15 is 0 Å². The normalized spacial score (nSPS) is 12.2. The maximum absolute atomic E-state index is 10.9. The molecule has 0 aliphatic carbocycles. The lowest BCUT2D eigenvalue weighted by molar-refractivity contribution is -0.140. The fraction of sp³-hybridized carbons (Fsp3) is 0.545. The van der Waals surface area contributed by atoms with Crippen LogP contribution in [0.3, 0.4) is 0 Å². The number of amides is 1. The second-order valence-electron chi connectivity index (χ2n) is 3.91. The molecule has 0 spiro atoms. The molecule has 0 aliphatic rings. The molecule has 0 aliphatic heterocycles. The van der Waals surface area contributed by atoms with Gasteiger partial charge in [-0.05, 0) is 13.8 Å². The van der Waals surface area contributed by atoms with Gasteiger partial charge >= 0.3 is 5.97 Å². The van der Waals surface area contributed by atoms with Crippen LogP contribution in [0.5, 0.6) is 0 Å². The molecule has 7 heteroatoms. The van der Waals surface area contributed by atoms with E-state index in [4.69, 9.17) is 9.63 Å². The molecule has 6 nitrogen and oxygen atoms in total. The summed E-state index contributed by atoms with van der Waals surface area (Å²) in [6.45, 7) is 4.96. The summed E-state index contributed by atoms with van der Waals surface area (Å²) in [6, 6.07) is -0.868. The highest BCUT2D eigenvalue weighted by Crippen LogP contribution is 2.19. The van der Waals surface area contributed by atoms with Crippen molar-refractivity contribution in [3.05, 3.63) is 17.0 Å². The fourth-order valence-electron chi connectivity index (χ4n) is 1.41. The van der Waals surface area contributed by atoms with Gasteiger partial charge < -0.3 is 14.9 Å². The topological polar surface area (TPSA) is 92.4 Å². The number of hydrogen-bond acceptors (Lipinski definition) is 5. The smallest absolute Gasteiger partial charge is 0.327 e. The van der Waals surface area contributed by atoms with Crippen LogP contribution < -0.4 is 5.32 Å². The highest BCUT2D eigenvalue weighted by atomic mass is 32.2. The Bertz CT molecular complexity index is 425. The Morgan fingerprint density at radius 3 is 2.61 bits per heavy atom. The van der Waals surface area contributed by atoms with Gasteiger partial charge in [0.15, 0.2) is 0 Å². The van der Waals surface area contributed by atoms with Crippen molar-refractivity contribution < 1.29 is 19.2 Å². The Morgan fingerprint density at radius 1 is 1.50 bits per heavy atom. The van der Waals surface area contributed by atoms with Crippen molar-refractivity contribution in [1.82, 2.24) is 10.5 Å². The van der Waals surface area contributed by atoms with E-state index in [1.807, 2.05) is 13.8 Å². The molecule has 1 aromatic rings. The minimum absolute atomic E-state index is 0.305. The zero-order chi connectivity index (χ0) is 13.7. The highest BCUT2D eigenvalue weighted by molar-refractivity contribution is 7.98. The van der Waals surface area contributed by atoms with Crippen LogP contribution >= 0.6 is 11.8 Å². The molecule has 1 atom stereocenters. The maximum Gasteiger partial charge on any atom is 0.327 e. The van der Waals surface area contributed by atoms with Gasteiger partial charge in [0.05, 0.1) is 5.69 Å². The van der Waals surface area contributed by atoms with Gasteiger partial charge in [0, 0.05) is 24.0 Å². The first kappa shape index (κ1) is 14.6. The van der Waals surface area contributed by atoms with E-state index in [1.165, 1.54) is 18.7 Å². The number of carbonyl (C=O) groups is 2. The zero-order valence-electron chi connectivity index (χ0n) is 10.5. The summed E-state index contributed by atoms with van der Waals surface area (Å²) in [7, 11) is 0. The third-order valence-electron chi connectivity index (χ3n) is 2.39. The first-order valence-corrected chi connectivity index (χ1v) is 6.56. The van der Waals surface area contributed by atoms with Crippen LogP contribution in [0.25, 0.3) is 0 Å². The van der Waals surface area contributed by atoms with E-state index in [1.54, 1.807) is 0 Å². The van der Waals surface area contributed by atoms with Gasteiger partial charge in [-0.3, -0.25) is 4.79 Å². The quantitative estimate of drug-likeness (QED) is 0.806. The van der Waals surface area contributed by atoms with Crippen LogP contribution in [0.2, 0.25) is 0 Å². The van der Waals surface area contributed by atoms with Crippen molar-refractivity contribution in [2.24, 2.45) is 0 Å². The molecule has 1 unspecified atom stereocenters. The summed E-state index contributed by atoms with van der Waals surface area (Å²) < 4.78 is 5.02. The molecule has 1 aromatic heterocycles. The Labute approximate surface area is 109 Å². The number of carboxylic acid groups (broad SMARTS) is 1. The summed E-state index contributed by atoms with van der Waals surface area (Å²) in [5.41, 5.74) is 1.79. The molecule has 0 saturated heterocycles. The minimum atomic E-state index is -1.03. The van der Waals surface area contributed by atoms with Gasteiger partial charge in [-0.15, -0.1) is 0 Å². The maximum atomic E-state index is 10.9. The predicted molar refractivity (Wildman–Crippen MR) is 67.4 cm³/mol. The number of aromatic nitrogens is 1. The van der Waals surface area contributed by atoms with Gasteiger partial charge in [-0.25, -0.2) is 4.79 Å². The number of aliphatic carboxylic acids is 1. The summed E-state index contributed by atoms with van der Waals surface area (Å²) in [4.78, 5) is 21.8. The monoisotopic (exact) mass is 272 g/mol. The molecular formula is C11H16N2O4S. The minimum Gasteiger partial charge on any atom is -0.480 e. The van der Waals surface area contributed by atoms with Crippen LogP contribution in [0.4, 0.5) is 0 Å². The lowest BCUT2D eigenvalue weighted by Crippen LogP contribution is -2.41. The zero-order valence-corrected chi connectivity index (χ0v) is 11.3. The van der Waals surface area contributed by atoms with Crippen LogP contribution in [0.15, 0.2) is 4.52 Å². The SMILES string of the molecule is CC(=O)NC(CSCc1c(C)noc1C)C(=O)O. The van der Waals surface area contributed by atoms with E-state index in [0.717, 1.165) is 17.0 Å². The lowest BCUT2D eigenvalue weighted by atomic mass is 10.2. The Hall–Kier alpha value is -1.50. The van der Waals surface area contributed by atoms with E-state index in [0.29, 0.717) is 11.5 Å². The Balaban J connectivity index is 2.49. The molecular weight excluding hydrogens is 256 g/mol. The van der Waals surface area contributed by atoms with Crippen molar-refractivity contribution >= 4 is 23.6 Å². The van der Waals surface area contributed by atoms with Crippen molar-refractivity contribution in [3.63, 3.8) is 0 Å². The molecule has 1 heterocycles. The molecule has 0 radical (unpaired) electrons. The molecule has 0 aromatic carbocycles. The number of aryl methyl sites for hydroxylation is 2. The van der Waals surface area contributed by atoms with Gasteiger partial charge in [0.1, 0.15) is 11.8 Å². The van der Waals surface area contributed by atoms with E-state index in [9.17, 15) is 9.59 Å². The average molecular weight is 272 g/mol. The number of nitrogens with one attached hydrogen (secondary N) is 1. The first-order chi connectivity index (χ1) is 8.41. The van der Waals surface area contributed by atoms with Crippen molar-refractivity contribution in [1.29, 1.82) is 0 Å². The van der Waals surface area contributed by atoms with Crippen molar-refractivity contribution in [2.75, 3.05) is 5.75 Å². The van der Waals surface area contributed by atoms with Gasteiger partial charge in [-0.1, -0.05) is 5.16 Å². The second-order valence-corrected chi connectivity index (χ2v) is 4.94. The average Bonchev–Trinajstić information content (AvgIpc) is 2.58. The fourth-order valence-corrected chi connectivity index (χ4v) is 2.60. The number of thioether (sulfide) groups is 1. The third kappa shape index (κ3) is 4.06. The van der Waals surface area contributed by atoms with Crippen molar-refractivity contribution in [3.8, 4) is 0 Å². The van der Waals surface area contributed by atoms with Crippen LogP contribution in [-0.2, 0) is 15.3 Å². The third-order valence-corrected chi connectivity index (χ3v) is 3.45. The number of hydrogen-bond donors (Lipinski definition) is 2. The summed E-state index contributed by atoms with van der Waals surface area (Å²) in [6.07, 6.45) is 0. The van der Waals surface area contributed by atoms with E-state index in [2.05, 4.69) is 10.5 Å². The number of carboxylic acids is 1. The summed E-state index contributed by atoms with van der Waals surface area (Å²) >= 11 is 1.42. The molecule has 18 heavy (non-hydrogen) atoms. The molecule has 0 bridgehead atoms. The molecule has 1 rings (SSSR count). The highest BCUT2D eigenvalue weighted by Gasteiger charge is 2.19. The Morgan fingerprint density at radius 2 is 2.17 bits per heavy atom. The largest absolute Gasteiger partial charge is 0.480 e.